The number of carboxylic acids is 1. The van der Waals surface area contributed by atoms with Crippen LogP contribution in [0.1, 0.15) is 20.8 Å². The number of halogens is 1. The van der Waals surface area contributed by atoms with Crippen molar-refractivity contribution in [3.63, 3.8) is 0 Å². The molecule has 0 saturated carbocycles. The molecule has 0 saturated heterocycles. The molecule has 2 amide bonds. The number of hydrogen-bond donors (Lipinski definition) is 2. The van der Waals surface area contributed by atoms with E-state index in [-0.39, 0.29) is 71.5 Å². The van der Waals surface area contributed by atoms with Gasteiger partial charge in [0.15, 0.2) is 10.8 Å². The molecular formula is C16H21ClN7NaO5. The molecule has 0 aliphatic carbocycles. The van der Waals surface area contributed by atoms with E-state index in [1.54, 1.807) is 20.8 Å². The molecule has 158 valence electrons. The van der Waals surface area contributed by atoms with Gasteiger partial charge in [-0.3, -0.25) is 4.79 Å². The number of fused-ring (bicyclic) bond motifs is 1. The molecule has 2 aromatic heterocycles. The zero-order valence-corrected chi connectivity index (χ0v) is 19.9. The van der Waals surface area contributed by atoms with Crippen LogP contribution in [0.4, 0.5) is 10.7 Å². The van der Waals surface area contributed by atoms with E-state index < -0.39 is 30.1 Å². The first-order chi connectivity index (χ1) is 13.5. The summed E-state index contributed by atoms with van der Waals surface area (Å²) in [4.78, 5) is 48.1. The maximum Gasteiger partial charge on any atom is 1.00 e. The Balaban J connectivity index is 0.00000450. The Labute approximate surface area is 199 Å². The van der Waals surface area contributed by atoms with Gasteiger partial charge in [0.25, 0.3) is 0 Å². The first-order valence-corrected chi connectivity index (χ1v) is 8.92. The van der Waals surface area contributed by atoms with E-state index in [9.17, 15) is 19.5 Å². The minimum atomic E-state index is -1.44. The summed E-state index contributed by atoms with van der Waals surface area (Å²) in [7, 11) is 0. The fourth-order valence-corrected chi connectivity index (χ4v) is 2.56. The second kappa shape index (κ2) is 10.8. The monoisotopic (exact) mass is 449 g/mol. The molecule has 0 spiro atoms. The number of alkyl carbamates (subject to hydrolysis) is 1. The molecule has 0 aliphatic heterocycles. The van der Waals surface area contributed by atoms with E-state index >= 15 is 0 Å². The van der Waals surface area contributed by atoms with Gasteiger partial charge >= 0.3 is 35.7 Å². The number of carbonyl (C=O) groups excluding carboxylic acids is 3. The van der Waals surface area contributed by atoms with Crippen molar-refractivity contribution in [2.24, 2.45) is 0 Å². The number of carbonyl (C=O) groups is 3. The first-order valence-electron chi connectivity index (χ1n) is 8.54. The number of rotatable bonds is 7. The van der Waals surface area contributed by atoms with Crippen molar-refractivity contribution in [2.75, 3.05) is 25.4 Å². The van der Waals surface area contributed by atoms with Gasteiger partial charge < -0.3 is 35.2 Å². The Morgan fingerprint density at radius 2 is 2.00 bits per heavy atom. The van der Waals surface area contributed by atoms with Crippen LogP contribution in [0, 0.1) is 0 Å². The number of aromatic nitrogens is 4. The number of aliphatic carboxylic acids is 1. The van der Waals surface area contributed by atoms with Gasteiger partial charge in [0.1, 0.15) is 17.7 Å². The summed E-state index contributed by atoms with van der Waals surface area (Å²) in [6.07, 6.45) is 0.638. The Morgan fingerprint density at radius 3 is 2.60 bits per heavy atom. The maximum atomic E-state index is 12.6. The minimum absolute atomic E-state index is 0. The number of ether oxygens (including phenoxy) is 1. The number of nitrogens with two attached hydrogens (primary N) is 1. The molecule has 0 unspecified atom stereocenters. The van der Waals surface area contributed by atoms with Crippen molar-refractivity contribution < 1.29 is 53.8 Å². The Hall–Kier alpha value is -2.15. The second-order valence-electron chi connectivity index (χ2n) is 7.03. The summed E-state index contributed by atoms with van der Waals surface area (Å²) in [5, 5.41) is 13.5. The number of amides is 2. The second-order valence-corrected chi connectivity index (χ2v) is 7.39. The van der Waals surface area contributed by atoms with Gasteiger partial charge in [0, 0.05) is 13.1 Å². The molecular weight excluding hydrogens is 429 g/mol. The van der Waals surface area contributed by atoms with Crippen LogP contribution in [0.2, 0.25) is 5.15 Å². The van der Waals surface area contributed by atoms with Crippen molar-refractivity contribution in [1.29, 1.82) is 0 Å². The van der Waals surface area contributed by atoms with Crippen LogP contribution in [-0.4, -0.2) is 67.6 Å². The molecule has 0 fully saturated rings. The Bertz CT molecular complexity index is 931. The number of nitrogens with one attached hydrogen (secondary N) is 1. The molecule has 2 heterocycles. The van der Waals surface area contributed by atoms with E-state index in [0.29, 0.717) is 0 Å². The molecule has 14 heteroatoms. The smallest absolute Gasteiger partial charge is 0.548 e. The molecule has 2 rings (SSSR count). The molecule has 12 nitrogen and oxygen atoms in total. The van der Waals surface area contributed by atoms with E-state index in [1.807, 2.05) is 0 Å². The molecule has 0 atom stereocenters. The van der Waals surface area contributed by atoms with Crippen molar-refractivity contribution in [3.05, 3.63) is 11.5 Å². The van der Waals surface area contributed by atoms with Crippen molar-refractivity contribution in [2.45, 2.75) is 32.9 Å². The third-order valence-electron chi connectivity index (χ3n) is 3.47. The first kappa shape index (κ1) is 25.9. The van der Waals surface area contributed by atoms with Crippen molar-refractivity contribution in [3.8, 4) is 0 Å². The van der Waals surface area contributed by atoms with Gasteiger partial charge in [-0.2, -0.15) is 9.97 Å². The third-order valence-corrected chi connectivity index (χ3v) is 3.73. The zero-order valence-electron chi connectivity index (χ0n) is 17.1. The quantitative estimate of drug-likeness (QED) is 0.317. The largest absolute Gasteiger partial charge is 1.00 e. The Morgan fingerprint density at radius 1 is 1.33 bits per heavy atom. The van der Waals surface area contributed by atoms with Gasteiger partial charge in [-0.15, -0.1) is 0 Å². The van der Waals surface area contributed by atoms with E-state index in [0.717, 1.165) is 4.90 Å². The van der Waals surface area contributed by atoms with Crippen molar-refractivity contribution in [1.82, 2.24) is 29.7 Å². The number of imidazole rings is 1. The molecule has 0 radical (unpaired) electrons. The van der Waals surface area contributed by atoms with E-state index in [4.69, 9.17) is 22.1 Å². The third kappa shape index (κ3) is 7.59. The van der Waals surface area contributed by atoms with Crippen LogP contribution in [0.3, 0.4) is 0 Å². The summed E-state index contributed by atoms with van der Waals surface area (Å²) in [5.74, 6) is -2.10. The molecule has 3 N–H and O–H groups in total. The van der Waals surface area contributed by atoms with Crippen LogP contribution in [0.5, 0.6) is 0 Å². The van der Waals surface area contributed by atoms with Gasteiger partial charge in [-0.1, -0.05) is 11.6 Å². The number of nitrogens with zero attached hydrogens (tertiary/aromatic N) is 5. The van der Waals surface area contributed by atoms with Gasteiger partial charge in [0.05, 0.1) is 18.8 Å². The van der Waals surface area contributed by atoms with Gasteiger partial charge in [0.2, 0.25) is 11.9 Å². The average Bonchev–Trinajstić information content (AvgIpc) is 2.95. The summed E-state index contributed by atoms with van der Waals surface area (Å²) >= 11 is 5.95. The predicted octanol–water partition coefficient (Wildman–Crippen LogP) is -3.83. The van der Waals surface area contributed by atoms with Crippen LogP contribution in [0.25, 0.3) is 11.2 Å². The molecule has 2 aromatic rings. The predicted molar refractivity (Wildman–Crippen MR) is 101 cm³/mol. The van der Waals surface area contributed by atoms with Crippen molar-refractivity contribution >= 4 is 46.7 Å². The van der Waals surface area contributed by atoms with Crippen LogP contribution < -0.4 is 45.7 Å². The minimum Gasteiger partial charge on any atom is -0.548 e. The molecule has 0 aromatic carbocycles. The molecule has 30 heavy (non-hydrogen) atoms. The normalized spacial score (nSPS) is 10.9. The number of anilines is 1. The summed E-state index contributed by atoms with van der Waals surface area (Å²) < 4.78 is 6.45. The topological polar surface area (TPSA) is 168 Å². The summed E-state index contributed by atoms with van der Waals surface area (Å²) in [5.41, 5.74) is 5.37. The number of carboxylic acid groups (broad SMARTS) is 1. The number of hydrogen-bond acceptors (Lipinski definition) is 9. The van der Waals surface area contributed by atoms with Gasteiger partial charge in [-0.25, -0.2) is 9.78 Å². The zero-order chi connectivity index (χ0) is 21.8. The fourth-order valence-electron chi connectivity index (χ4n) is 2.34. The summed E-state index contributed by atoms with van der Waals surface area (Å²) in [6.45, 7) is 4.10. The average molecular weight is 450 g/mol. The van der Waals surface area contributed by atoms with Gasteiger partial charge in [-0.05, 0) is 20.8 Å². The van der Waals surface area contributed by atoms with Crippen LogP contribution in [0.15, 0.2) is 6.33 Å². The van der Waals surface area contributed by atoms with E-state index in [2.05, 4.69) is 20.3 Å². The van der Waals surface area contributed by atoms with E-state index in [1.165, 1.54) is 10.9 Å². The van der Waals surface area contributed by atoms with Crippen LogP contribution in [-0.2, 0) is 20.9 Å². The Kier molecular flexibility index (Phi) is 9.28. The fraction of sp³-hybridized carbons (Fsp3) is 0.500. The molecule has 0 aliphatic rings. The molecule has 0 bridgehead atoms. The standard InChI is InChI=1S/C16H22ClN7O5.Na/c1-16(2,3)29-15(28)19-4-5-23(7-10(26)27)9(25)6-24-8-20-11-12(17)21-14(18)22-13(11)24;/h8H,4-7H2,1-3H3,(H,19,28)(H,26,27)(H2,18,21,22);/q;+1/p-1. The van der Waals surface area contributed by atoms with Crippen LogP contribution >= 0.6 is 11.6 Å². The number of nitrogen functional groups attached to an aromatic ring is 1. The summed E-state index contributed by atoms with van der Waals surface area (Å²) in [6, 6.07) is 0. The maximum absolute atomic E-state index is 12.6. The SMILES string of the molecule is CC(C)(C)OC(=O)NCCN(CC(=O)[O-])C(=O)Cn1cnc2c(Cl)nc(N)nc21.[Na+].